The molecule has 0 amide bonds. The van der Waals surface area contributed by atoms with Crippen LogP contribution in [-0.2, 0) is 11.3 Å². The molecule has 0 bridgehead atoms. The summed E-state index contributed by atoms with van der Waals surface area (Å²) in [5.74, 6) is 2.35. The standard InChI is InChI=1S/C16H25NO4/c1-4-5-18-6-7-19-14-9-16-15(20-11-21-16)8-13(14)10-17-12(2)3/h8-9,12,17H,4-7,10-11H2,1-3H3. The smallest absolute Gasteiger partial charge is 0.231 e. The Morgan fingerprint density at radius 3 is 2.62 bits per heavy atom. The van der Waals surface area contributed by atoms with Crippen molar-refractivity contribution in [2.75, 3.05) is 26.6 Å². The van der Waals surface area contributed by atoms with E-state index in [0.717, 1.165) is 42.4 Å². The Balaban J connectivity index is 1.98. The van der Waals surface area contributed by atoms with E-state index in [4.69, 9.17) is 18.9 Å². The van der Waals surface area contributed by atoms with Gasteiger partial charge in [-0.1, -0.05) is 20.8 Å². The van der Waals surface area contributed by atoms with E-state index in [1.54, 1.807) is 0 Å². The van der Waals surface area contributed by atoms with E-state index in [1.165, 1.54) is 0 Å². The number of fused-ring (bicyclic) bond motifs is 1. The van der Waals surface area contributed by atoms with Crippen molar-refractivity contribution in [1.82, 2.24) is 5.32 Å². The maximum atomic E-state index is 5.84. The van der Waals surface area contributed by atoms with Crippen LogP contribution in [0.1, 0.15) is 32.8 Å². The largest absolute Gasteiger partial charge is 0.491 e. The van der Waals surface area contributed by atoms with Crippen LogP contribution in [0.5, 0.6) is 17.2 Å². The van der Waals surface area contributed by atoms with Crippen molar-refractivity contribution in [1.29, 1.82) is 0 Å². The van der Waals surface area contributed by atoms with Gasteiger partial charge in [-0.05, 0) is 12.5 Å². The van der Waals surface area contributed by atoms with Gasteiger partial charge in [0.05, 0.1) is 6.61 Å². The Hall–Kier alpha value is -1.46. The number of benzene rings is 1. The lowest BCUT2D eigenvalue weighted by atomic mass is 10.1. The number of nitrogens with one attached hydrogen (secondary N) is 1. The third-order valence-electron chi connectivity index (χ3n) is 3.09. The average Bonchev–Trinajstić information content (AvgIpc) is 2.91. The van der Waals surface area contributed by atoms with E-state index in [0.29, 0.717) is 19.3 Å². The van der Waals surface area contributed by atoms with E-state index in [-0.39, 0.29) is 6.79 Å². The minimum Gasteiger partial charge on any atom is -0.491 e. The molecular formula is C16H25NO4. The van der Waals surface area contributed by atoms with Crippen molar-refractivity contribution < 1.29 is 18.9 Å². The van der Waals surface area contributed by atoms with Crippen molar-refractivity contribution in [3.05, 3.63) is 17.7 Å². The fraction of sp³-hybridized carbons (Fsp3) is 0.625. The van der Waals surface area contributed by atoms with E-state index in [9.17, 15) is 0 Å². The van der Waals surface area contributed by atoms with Crippen LogP contribution in [0.2, 0.25) is 0 Å². The molecule has 1 aromatic carbocycles. The molecule has 5 heteroatoms. The van der Waals surface area contributed by atoms with Crippen LogP contribution in [0.25, 0.3) is 0 Å². The molecule has 0 fully saturated rings. The highest BCUT2D eigenvalue weighted by atomic mass is 16.7. The number of hydrogen-bond donors (Lipinski definition) is 1. The Bertz CT molecular complexity index is 448. The fourth-order valence-corrected chi connectivity index (χ4v) is 2.01. The molecule has 2 rings (SSSR count). The van der Waals surface area contributed by atoms with Gasteiger partial charge in [0.15, 0.2) is 11.5 Å². The minimum absolute atomic E-state index is 0.273. The summed E-state index contributed by atoms with van der Waals surface area (Å²) >= 11 is 0. The Kier molecular flexibility index (Phi) is 6.14. The van der Waals surface area contributed by atoms with Gasteiger partial charge in [-0.2, -0.15) is 0 Å². The van der Waals surface area contributed by atoms with Gasteiger partial charge in [0.1, 0.15) is 12.4 Å². The van der Waals surface area contributed by atoms with Gasteiger partial charge in [0.25, 0.3) is 0 Å². The third-order valence-corrected chi connectivity index (χ3v) is 3.09. The Morgan fingerprint density at radius 1 is 1.14 bits per heavy atom. The highest BCUT2D eigenvalue weighted by molar-refractivity contribution is 5.51. The van der Waals surface area contributed by atoms with Crippen LogP contribution in [0.15, 0.2) is 12.1 Å². The molecule has 1 aliphatic heterocycles. The predicted octanol–water partition coefficient (Wildman–Crippen LogP) is 2.72. The highest BCUT2D eigenvalue weighted by Gasteiger charge is 2.18. The van der Waals surface area contributed by atoms with Gasteiger partial charge in [-0.15, -0.1) is 0 Å². The minimum atomic E-state index is 0.273. The Labute approximate surface area is 126 Å². The summed E-state index contributed by atoms with van der Waals surface area (Å²) in [6, 6.07) is 4.30. The van der Waals surface area contributed by atoms with Gasteiger partial charge >= 0.3 is 0 Å². The van der Waals surface area contributed by atoms with E-state index in [2.05, 4.69) is 26.1 Å². The van der Waals surface area contributed by atoms with Crippen LogP contribution >= 0.6 is 0 Å². The quantitative estimate of drug-likeness (QED) is 0.710. The van der Waals surface area contributed by atoms with Gasteiger partial charge in [-0.3, -0.25) is 0 Å². The molecule has 118 valence electrons. The fourth-order valence-electron chi connectivity index (χ4n) is 2.01. The zero-order valence-electron chi connectivity index (χ0n) is 13.1. The first kappa shape index (κ1) is 15.9. The molecule has 5 nitrogen and oxygen atoms in total. The van der Waals surface area contributed by atoms with Gasteiger partial charge < -0.3 is 24.3 Å². The molecule has 0 spiro atoms. The molecule has 0 unspecified atom stereocenters. The number of hydrogen-bond acceptors (Lipinski definition) is 5. The van der Waals surface area contributed by atoms with Crippen molar-refractivity contribution in [3.8, 4) is 17.2 Å². The maximum Gasteiger partial charge on any atom is 0.231 e. The second-order valence-corrected chi connectivity index (χ2v) is 5.31. The summed E-state index contributed by atoms with van der Waals surface area (Å²) in [6.45, 7) is 9.24. The first-order valence-electron chi connectivity index (χ1n) is 7.57. The summed E-state index contributed by atoms with van der Waals surface area (Å²) in [6.07, 6.45) is 1.02. The first-order valence-corrected chi connectivity index (χ1v) is 7.57. The molecule has 1 heterocycles. The van der Waals surface area contributed by atoms with Crippen molar-refractivity contribution in [2.45, 2.75) is 39.8 Å². The van der Waals surface area contributed by atoms with Crippen LogP contribution in [0, 0.1) is 0 Å². The van der Waals surface area contributed by atoms with Crippen LogP contribution in [0.4, 0.5) is 0 Å². The molecule has 0 atom stereocenters. The van der Waals surface area contributed by atoms with Crippen LogP contribution in [0.3, 0.4) is 0 Å². The summed E-state index contributed by atoms with van der Waals surface area (Å²) in [7, 11) is 0. The van der Waals surface area contributed by atoms with Crippen molar-refractivity contribution in [2.24, 2.45) is 0 Å². The third kappa shape index (κ3) is 4.79. The summed E-state index contributed by atoms with van der Waals surface area (Å²) in [5.41, 5.74) is 1.07. The zero-order valence-corrected chi connectivity index (χ0v) is 13.1. The molecule has 0 aromatic heterocycles. The molecular weight excluding hydrogens is 270 g/mol. The molecule has 0 saturated carbocycles. The molecule has 1 aliphatic rings. The molecule has 0 aliphatic carbocycles. The number of ether oxygens (including phenoxy) is 4. The molecule has 1 aromatic rings. The normalized spacial score (nSPS) is 13.0. The van der Waals surface area contributed by atoms with Gasteiger partial charge in [0.2, 0.25) is 6.79 Å². The lowest BCUT2D eigenvalue weighted by molar-refractivity contribution is 0.100. The van der Waals surface area contributed by atoms with Gasteiger partial charge in [0, 0.05) is 30.8 Å². The maximum absolute atomic E-state index is 5.84. The average molecular weight is 295 g/mol. The summed E-state index contributed by atoms with van der Waals surface area (Å²) in [4.78, 5) is 0. The Morgan fingerprint density at radius 2 is 1.90 bits per heavy atom. The topological polar surface area (TPSA) is 49.0 Å². The van der Waals surface area contributed by atoms with E-state index in [1.807, 2.05) is 12.1 Å². The van der Waals surface area contributed by atoms with Crippen molar-refractivity contribution in [3.63, 3.8) is 0 Å². The van der Waals surface area contributed by atoms with E-state index < -0.39 is 0 Å². The predicted molar refractivity (Wildman–Crippen MR) is 81.1 cm³/mol. The van der Waals surface area contributed by atoms with E-state index >= 15 is 0 Å². The SMILES string of the molecule is CCCOCCOc1cc2c(cc1CNC(C)C)OCO2. The zero-order chi connectivity index (χ0) is 15.1. The van der Waals surface area contributed by atoms with Crippen molar-refractivity contribution >= 4 is 0 Å². The summed E-state index contributed by atoms with van der Waals surface area (Å²) < 4.78 is 22.1. The molecule has 1 N–H and O–H groups in total. The molecule has 21 heavy (non-hydrogen) atoms. The molecule has 0 saturated heterocycles. The second-order valence-electron chi connectivity index (χ2n) is 5.31. The lowest BCUT2D eigenvalue weighted by Crippen LogP contribution is -2.22. The van der Waals surface area contributed by atoms with Crippen LogP contribution in [-0.4, -0.2) is 32.7 Å². The summed E-state index contributed by atoms with van der Waals surface area (Å²) in [5, 5.41) is 3.40. The molecule has 0 radical (unpaired) electrons. The second kappa shape index (κ2) is 8.10. The lowest BCUT2D eigenvalue weighted by Gasteiger charge is -2.15. The van der Waals surface area contributed by atoms with Gasteiger partial charge in [-0.25, -0.2) is 0 Å². The highest BCUT2D eigenvalue weighted by Crippen LogP contribution is 2.38. The number of rotatable bonds is 9. The van der Waals surface area contributed by atoms with Crippen LogP contribution < -0.4 is 19.5 Å². The monoisotopic (exact) mass is 295 g/mol. The first-order chi connectivity index (χ1) is 10.2.